The zero-order valence-corrected chi connectivity index (χ0v) is 40.5. The maximum atomic E-state index is 10.8. The molecule has 0 bridgehead atoms. The van der Waals surface area contributed by atoms with E-state index in [-0.39, 0.29) is 36.4 Å². The zero-order chi connectivity index (χ0) is 44.6. The molecule has 3 aromatic carbocycles. The molecule has 0 saturated carbocycles. The summed E-state index contributed by atoms with van der Waals surface area (Å²) >= 11 is 0. The third-order valence-corrected chi connectivity index (χ3v) is 11.8. The Morgan fingerprint density at radius 3 is 0.833 bits per heavy atom. The Bertz CT molecular complexity index is 1710. The molecular formula is C45H71NO10S3Ti. The second-order valence-corrected chi connectivity index (χ2v) is 19.3. The molecule has 60 heavy (non-hydrogen) atoms. The molecule has 0 heterocycles. The Hall–Kier alpha value is -2.14. The molecule has 0 spiro atoms. The van der Waals surface area contributed by atoms with Gasteiger partial charge in [-0.25, -0.2) is 25.3 Å². The van der Waals surface area contributed by atoms with E-state index in [4.69, 9.17) is 5.73 Å². The monoisotopic (exact) mass is 929 g/mol. The summed E-state index contributed by atoms with van der Waals surface area (Å²) < 4.78 is 96.0. The number of nitrogens with two attached hydrogens (primary N) is 1. The molecule has 0 aromatic heterocycles. The van der Waals surface area contributed by atoms with Gasteiger partial charge in [0.15, 0.2) is 0 Å². The molecule has 0 radical (unpaired) electrons. The van der Waals surface area contributed by atoms with Crippen molar-refractivity contribution in [2.24, 2.45) is 0 Å². The van der Waals surface area contributed by atoms with E-state index in [0.717, 1.165) is 36.8 Å². The van der Waals surface area contributed by atoms with Crippen LogP contribution in [0.3, 0.4) is 0 Å². The predicted octanol–water partition coefficient (Wildman–Crippen LogP) is 10.0. The van der Waals surface area contributed by atoms with Crippen LogP contribution in [0.2, 0.25) is 0 Å². The average molecular weight is 930 g/mol. The van der Waals surface area contributed by atoms with E-state index in [2.05, 4.69) is 13.8 Å². The van der Waals surface area contributed by atoms with Gasteiger partial charge in [0.2, 0.25) is 0 Å². The Kier molecular flexibility index (Phi) is 35.3. The first-order chi connectivity index (χ1) is 27.8. The van der Waals surface area contributed by atoms with Crippen LogP contribution in [0.5, 0.6) is 0 Å². The van der Waals surface area contributed by atoms with Crippen molar-refractivity contribution in [2.45, 2.75) is 190 Å². The number of benzene rings is 3. The first-order valence-corrected chi connectivity index (χ1v) is 25.6. The van der Waals surface area contributed by atoms with E-state index in [1.807, 2.05) is 0 Å². The molecule has 2 N–H and O–H groups in total. The van der Waals surface area contributed by atoms with Gasteiger partial charge in [-0.05, 0) is 85.3 Å². The van der Waals surface area contributed by atoms with E-state index in [1.165, 1.54) is 164 Å². The molecule has 3 rings (SSSR count). The third kappa shape index (κ3) is 34.5. The van der Waals surface area contributed by atoms with Crippen LogP contribution in [0.15, 0.2) is 87.5 Å². The maximum absolute atomic E-state index is 10.8. The van der Waals surface area contributed by atoms with Gasteiger partial charge in [-0.15, -0.1) is 6.10 Å². The van der Waals surface area contributed by atoms with Crippen LogP contribution in [0.4, 0.5) is 5.69 Å². The number of rotatable bonds is 25. The van der Waals surface area contributed by atoms with Crippen molar-refractivity contribution in [3.8, 4) is 0 Å². The second kappa shape index (κ2) is 35.3. The summed E-state index contributed by atoms with van der Waals surface area (Å²) in [6, 6.07) is 17.7. The van der Waals surface area contributed by atoms with Crippen LogP contribution < -0.4 is 10.8 Å². The Morgan fingerprint density at radius 1 is 0.417 bits per heavy atom. The molecular weight excluding hydrogens is 859 g/mol. The fourth-order valence-electron chi connectivity index (χ4n) is 5.91. The van der Waals surface area contributed by atoms with Crippen LogP contribution >= 0.6 is 0 Å². The largest absolute Gasteiger partial charge is 4.00 e. The van der Waals surface area contributed by atoms with Gasteiger partial charge in [0.1, 0.15) is 30.4 Å². The Morgan fingerprint density at radius 2 is 0.617 bits per heavy atom. The van der Waals surface area contributed by atoms with Crippen LogP contribution in [-0.4, -0.2) is 45.0 Å². The number of anilines is 1. The smallest absolute Gasteiger partial charge is 0.852 e. The van der Waals surface area contributed by atoms with E-state index < -0.39 is 36.5 Å². The summed E-state index contributed by atoms with van der Waals surface area (Å²) in [5, 5.41) is 9.53. The summed E-state index contributed by atoms with van der Waals surface area (Å²) in [6.07, 6.45) is 27.7. The number of aryl methyl sites for hydroxylation is 2. The van der Waals surface area contributed by atoms with Crippen molar-refractivity contribution in [3.63, 3.8) is 0 Å². The van der Waals surface area contributed by atoms with Crippen molar-refractivity contribution < 1.29 is 65.7 Å². The van der Waals surface area contributed by atoms with Gasteiger partial charge in [0.05, 0.1) is 14.7 Å². The molecule has 0 saturated heterocycles. The first-order valence-electron chi connectivity index (χ1n) is 21.4. The van der Waals surface area contributed by atoms with Crippen LogP contribution in [-0.2, 0) is 64.9 Å². The number of hydrogen-bond acceptors (Lipinski definition) is 11. The number of unbranched alkanes of at least 4 members (excludes halogenated alkanes) is 18. The van der Waals surface area contributed by atoms with Gasteiger partial charge >= 0.3 is 21.7 Å². The zero-order valence-electron chi connectivity index (χ0n) is 36.4. The van der Waals surface area contributed by atoms with Crippen LogP contribution in [0.25, 0.3) is 0 Å². The molecule has 0 aliphatic heterocycles. The van der Waals surface area contributed by atoms with Crippen molar-refractivity contribution in [1.82, 2.24) is 0 Å². The van der Waals surface area contributed by atoms with Crippen molar-refractivity contribution in [3.05, 3.63) is 83.9 Å². The summed E-state index contributed by atoms with van der Waals surface area (Å²) in [5.74, 6) is 0. The predicted molar refractivity (Wildman–Crippen MR) is 234 cm³/mol. The third-order valence-electron chi connectivity index (χ3n) is 9.23. The normalized spacial score (nSPS) is 11.3. The molecule has 0 amide bonds. The average Bonchev–Trinajstić information content (AvgIpc) is 3.16. The van der Waals surface area contributed by atoms with Gasteiger partial charge in [0.25, 0.3) is 0 Å². The molecule has 15 heteroatoms. The molecule has 11 nitrogen and oxygen atoms in total. The van der Waals surface area contributed by atoms with E-state index in [0.29, 0.717) is 5.69 Å². The minimum absolute atomic E-state index is 0. The van der Waals surface area contributed by atoms with Gasteiger partial charge in [-0.3, -0.25) is 0 Å². The fourth-order valence-corrected chi connectivity index (χ4v) is 7.32. The second-order valence-electron chi connectivity index (χ2n) is 15.1. The molecule has 0 aliphatic carbocycles. The minimum atomic E-state index is -4.33. The van der Waals surface area contributed by atoms with E-state index in [9.17, 15) is 44.0 Å². The van der Waals surface area contributed by atoms with Crippen LogP contribution in [0.1, 0.15) is 167 Å². The van der Waals surface area contributed by atoms with E-state index in [1.54, 1.807) is 38.1 Å². The molecule has 0 fully saturated rings. The molecule has 0 unspecified atom stereocenters. The van der Waals surface area contributed by atoms with Crippen molar-refractivity contribution >= 4 is 36.0 Å². The quantitative estimate of drug-likeness (QED) is 0.0364. The summed E-state index contributed by atoms with van der Waals surface area (Å²) in [4.78, 5) is -0.537. The van der Waals surface area contributed by atoms with Gasteiger partial charge in [-0.1, -0.05) is 168 Å². The number of hydrogen-bond donors (Lipinski definition) is 1. The summed E-state index contributed by atoms with van der Waals surface area (Å²) in [6.45, 7) is 7.71. The molecule has 3 aromatic rings. The Balaban J connectivity index is 0. The first kappa shape index (κ1) is 60.0. The molecule has 0 aliphatic rings. The summed E-state index contributed by atoms with van der Waals surface area (Å²) in [5.41, 5.74) is 7.91. The van der Waals surface area contributed by atoms with Gasteiger partial charge in [0, 0.05) is 5.69 Å². The summed E-state index contributed by atoms with van der Waals surface area (Å²) in [7, 11) is -13.0. The van der Waals surface area contributed by atoms with Gasteiger partial charge < -0.3 is 24.5 Å². The fraction of sp³-hybridized carbons (Fsp3) is 0.600. The van der Waals surface area contributed by atoms with Crippen molar-refractivity contribution in [2.75, 3.05) is 5.73 Å². The Labute approximate surface area is 378 Å². The van der Waals surface area contributed by atoms with Gasteiger partial charge in [-0.2, -0.15) is 0 Å². The SMILES string of the molecule is CC(C)[O-].CCCCCCCCCCCCc1ccc(S(=O)(=O)[O-])cc1.CCCCCCCCCCCCc1ccc(S(=O)(=O)[O-])cc1.Nc1ccc(S(=O)(=O)[O-])cc1.[Ti+4]. The molecule has 338 valence electrons. The molecule has 0 atom stereocenters. The van der Waals surface area contributed by atoms with E-state index >= 15 is 0 Å². The minimum Gasteiger partial charge on any atom is -0.852 e. The maximum Gasteiger partial charge on any atom is 4.00 e. The van der Waals surface area contributed by atoms with Crippen molar-refractivity contribution in [1.29, 1.82) is 0 Å². The van der Waals surface area contributed by atoms with Crippen LogP contribution in [0, 0.1) is 0 Å². The standard InChI is InChI=1S/2C18H30O3S.C6H7NO3S.C3H7O.Ti/c2*1-2-3-4-5-6-7-8-9-10-11-12-17-13-15-18(16-14-17)22(19,20)21;7-5-1-3-6(4-2-5)11(8,9)10;1-3(2)4;/h2*13-16H,2-12H2,1H3,(H,19,20,21);1-4H,7H2,(H,8,9,10);3H,1-2H3;/q;;;-1;+4/p-3. The number of nitrogen functional groups attached to an aromatic ring is 1. The topological polar surface area (TPSA) is 221 Å².